The molecule has 2 heterocycles. The van der Waals surface area contributed by atoms with E-state index in [-0.39, 0.29) is 0 Å². The standard InChI is InChI=1S/C12H16N4O/c1-3-16-10(7-9(2)15-16)8-17-11-5-4-6-14-12(11)13/h4-7H,3,8H2,1-2H3,(H2,13,14). The van der Waals surface area contributed by atoms with E-state index in [0.717, 1.165) is 17.9 Å². The first-order valence-electron chi connectivity index (χ1n) is 5.57. The number of ether oxygens (including phenoxy) is 1. The van der Waals surface area contributed by atoms with Crippen LogP contribution in [0.5, 0.6) is 5.75 Å². The van der Waals surface area contributed by atoms with Gasteiger partial charge in [0.25, 0.3) is 0 Å². The number of rotatable bonds is 4. The largest absolute Gasteiger partial charge is 0.483 e. The van der Waals surface area contributed by atoms with Crippen LogP contribution in [0.4, 0.5) is 5.82 Å². The van der Waals surface area contributed by atoms with E-state index in [4.69, 9.17) is 10.5 Å². The SMILES string of the molecule is CCn1nc(C)cc1COc1cccnc1N. The van der Waals surface area contributed by atoms with Crippen LogP contribution < -0.4 is 10.5 Å². The van der Waals surface area contributed by atoms with Gasteiger partial charge in [-0.1, -0.05) is 0 Å². The fourth-order valence-electron chi connectivity index (χ4n) is 1.67. The van der Waals surface area contributed by atoms with Crippen LogP contribution in [0.2, 0.25) is 0 Å². The van der Waals surface area contributed by atoms with E-state index in [1.807, 2.05) is 30.7 Å². The Labute approximate surface area is 100 Å². The minimum Gasteiger partial charge on any atom is -0.483 e. The van der Waals surface area contributed by atoms with E-state index in [2.05, 4.69) is 10.1 Å². The summed E-state index contributed by atoms with van der Waals surface area (Å²) in [6.45, 7) is 5.29. The Kier molecular flexibility index (Phi) is 3.27. The van der Waals surface area contributed by atoms with Crippen molar-refractivity contribution < 1.29 is 4.74 Å². The molecule has 0 unspecified atom stereocenters. The fraction of sp³-hybridized carbons (Fsp3) is 0.333. The van der Waals surface area contributed by atoms with Crippen molar-refractivity contribution in [3.05, 3.63) is 35.8 Å². The predicted octanol–water partition coefficient (Wildman–Crippen LogP) is 1.77. The molecule has 5 heteroatoms. The van der Waals surface area contributed by atoms with Gasteiger partial charge in [-0.3, -0.25) is 4.68 Å². The third kappa shape index (κ3) is 2.55. The number of hydrogen-bond acceptors (Lipinski definition) is 4. The Morgan fingerprint density at radius 2 is 2.29 bits per heavy atom. The summed E-state index contributed by atoms with van der Waals surface area (Å²) in [5, 5.41) is 4.35. The quantitative estimate of drug-likeness (QED) is 0.872. The maximum Gasteiger partial charge on any atom is 0.166 e. The average molecular weight is 232 g/mol. The first kappa shape index (κ1) is 11.4. The zero-order valence-electron chi connectivity index (χ0n) is 10.1. The maximum absolute atomic E-state index is 5.70. The van der Waals surface area contributed by atoms with Gasteiger partial charge in [0.15, 0.2) is 11.6 Å². The van der Waals surface area contributed by atoms with Crippen molar-refractivity contribution in [2.24, 2.45) is 0 Å². The molecule has 90 valence electrons. The normalized spacial score (nSPS) is 10.5. The van der Waals surface area contributed by atoms with Crippen LogP contribution >= 0.6 is 0 Å². The van der Waals surface area contributed by atoms with Crippen molar-refractivity contribution in [2.45, 2.75) is 27.0 Å². The lowest BCUT2D eigenvalue weighted by molar-refractivity contribution is 0.293. The molecule has 0 aliphatic heterocycles. The minimum atomic E-state index is 0.409. The van der Waals surface area contributed by atoms with Crippen LogP contribution in [0.3, 0.4) is 0 Å². The summed E-state index contributed by atoms with van der Waals surface area (Å²) in [5.74, 6) is 1.01. The van der Waals surface area contributed by atoms with Gasteiger partial charge in [0, 0.05) is 12.7 Å². The van der Waals surface area contributed by atoms with Gasteiger partial charge in [-0.25, -0.2) is 4.98 Å². The zero-order valence-corrected chi connectivity index (χ0v) is 10.1. The Morgan fingerprint density at radius 1 is 1.47 bits per heavy atom. The van der Waals surface area contributed by atoms with Crippen molar-refractivity contribution in [1.29, 1.82) is 0 Å². The highest BCUT2D eigenvalue weighted by atomic mass is 16.5. The number of nitrogens with zero attached hydrogens (tertiary/aromatic N) is 3. The molecule has 0 spiro atoms. The number of aryl methyl sites for hydroxylation is 2. The number of pyridine rings is 1. The van der Waals surface area contributed by atoms with Crippen LogP contribution in [0, 0.1) is 6.92 Å². The first-order chi connectivity index (χ1) is 8.20. The Bertz CT molecular complexity index is 507. The molecule has 0 aliphatic carbocycles. The summed E-state index contributed by atoms with van der Waals surface area (Å²) < 4.78 is 7.55. The van der Waals surface area contributed by atoms with E-state index >= 15 is 0 Å². The predicted molar refractivity (Wildman–Crippen MR) is 65.6 cm³/mol. The zero-order chi connectivity index (χ0) is 12.3. The monoisotopic (exact) mass is 232 g/mol. The summed E-state index contributed by atoms with van der Waals surface area (Å²) >= 11 is 0. The fourth-order valence-corrected chi connectivity index (χ4v) is 1.67. The molecule has 0 saturated carbocycles. The molecule has 0 aromatic carbocycles. The molecule has 2 N–H and O–H groups in total. The van der Waals surface area contributed by atoms with Crippen LogP contribution in [0.25, 0.3) is 0 Å². The van der Waals surface area contributed by atoms with Crippen LogP contribution in [0.15, 0.2) is 24.4 Å². The van der Waals surface area contributed by atoms with Gasteiger partial charge < -0.3 is 10.5 Å². The summed E-state index contributed by atoms with van der Waals surface area (Å²) in [6.07, 6.45) is 1.64. The van der Waals surface area contributed by atoms with Gasteiger partial charge in [0.05, 0.1) is 11.4 Å². The second-order valence-corrected chi connectivity index (χ2v) is 3.77. The van der Waals surface area contributed by atoms with Gasteiger partial charge in [0.1, 0.15) is 6.61 Å². The summed E-state index contributed by atoms with van der Waals surface area (Å²) in [4.78, 5) is 3.97. The molecular formula is C12H16N4O. The molecule has 2 aromatic rings. The van der Waals surface area contributed by atoms with Gasteiger partial charge in [-0.05, 0) is 32.0 Å². The summed E-state index contributed by atoms with van der Waals surface area (Å²) in [5.41, 5.74) is 7.73. The summed E-state index contributed by atoms with van der Waals surface area (Å²) in [6, 6.07) is 5.62. The highest BCUT2D eigenvalue weighted by Crippen LogP contribution is 2.18. The molecule has 0 aliphatic rings. The average Bonchev–Trinajstić information content (AvgIpc) is 2.69. The smallest absolute Gasteiger partial charge is 0.166 e. The number of nitrogens with two attached hydrogens (primary N) is 1. The summed E-state index contributed by atoms with van der Waals surface area (Å²) in [7, 11) is 0. The lowest BCUT2D eigenvalue weighted by Gasteiger charge is -2.08. The van der Waals surface area contributed by atoms with Crippen LogP contribution in [-0.4, -0.2) is 14.8 Å². The van der Waals surface area contributed by atoms with Crippen molar-refractivity contribution >= 4 is 5.82 Å². The third-order valence-electron chi connectivity index (χ3n) is 2.46. The minimum absolute atomic E-state index is 0.409. The van der Waals surface area contributed by atoms with Crippen LogP contribution in [-0.2, 0) is 13.2 Å². The van der Waals surface area contributed by atoms with E-state index in [1.165, 1.54) is 0 Å². The third-order valence-corrected chi connectivity index (χ3v) is 2.46. The van der Waals surface area contributed by atoms with E-state index in [0.29, 0.717) is 18.2 Å². The molecule has 0 radical (unpaired) electrons. The van der Waals surface area contributed by atoms with Crippen molar-refractivity contribution in [2.75, 3.05) is 5.73 Å². The Hall–Kier alpha value is -2.04. The molecule has 2 aromatic heterocycles. The molecule has 0 atom stereocenters. The lowest BCUT2D eigenvalue weighted by atomic mass is 10.4. The first-order valence-corrected chi connectivity index (χ1v) is 5.57. The maximum atomic E-state index is 5.70. The van der Waals surface area contributed by atoms with Crippen molar-refractivity contribution in [1.82, 2.24) is 14.8 Å². The highest BCUT2D eigenvalue weighted by molar-refractivity contribution is 5.44. The molecule has 0 bridgehead atoms. The highest BCUT2D eigenvalue weighted by Gasteiger charge is 2.06. The second-order valence-electron chi connectivity index (χ2n) is 3.77. The van der Waals surface area contributed by atoms with E-state index in [1.54, 1.807) is 12.3 Å². The van der Waals surface area contributed by atoms with Gasteiger partial charge in [0.2, 0.25) is 0 Å². The molecule has 0 saturated heterocycles. The molecule has 5 nitrogen and oxygen atoms in total. The van der Waals surface area contributed by atoms with Crippen molar-refractivity contribution in [3.63, 3.8) is 0 Å². The molecule has 17 heavy (non-hydrogen) atoms. The topological polar surface area (TPSA) is 66.0 Å². The van der Waals surface area contributed by atoms with Gasteiger partial charge in [-0.15, -0.1) is 0 Å². The van der Waals surface area contributed by atoms with E-state index in [9.17, 15) is 0 Å². The number of nitrogen functional groups attached to an aromatic ring is 1. The van der Waals surface area contributed by atoms with Gasteiger partial charge in [-0.2, -0.15) is 5.10 Å². The molecule has 0 amide bonds. The van der Waals surface area contributed by atoms with Crippen LogP contribution in [0.1, 0.15) is 18.3 Å². The molecular weight excluding hydrogens is 216 g/mol. The van der Waals surface area contributed by atoms with Gasteiger partial charge >= 0.3 is 0 Å². The molecule has 2 rings (SSSR count). The number of anilines is 1. The van der Waals surface area contributed by atoms with E-state index < -0.39 is 0 Å². The Balaban J connectivity index is 2.09. The Morgan fingerprint density at radius 3 is 3.00 bits per heavy atom. The second kappa shape index (κ2) is 4.86. The lowest BCUT2D eigenvalue weighted by Crippen LogP contribution is -2.07. The van der Waals surface area contributed by atoms with Crippen molar-refractivity contribution in [3.8, 4) is 5.75 Å². The molecule has 0 fully saturated rings. The number of hydrogen-bond donors (Lipinski definition) is 1. The number of aromatic nitrogens is 3.